The van der Waals surface area contributed by atoms with Gasteiger partial charge in [0.15, 0.2) is 0 Å². The van der Waals surface area contributed by atoms with E-state index in [1.165, 1.54) is 0 Å². The molecule has 1 fully saturated rings. The standard InChI is InChI=1S/C19H23N5O2/c1-14-4-5-15(11-20-14)19(26)23-13-17-6-8-21-24(17)10-7-16(23)12-22-9-2-3-18(22)25/h4-6,8,11,16H,2-3,7,9-10,12-13H2,1H3/t16-/m0/s1. The van der Waals surface area contributed by atoms with Gasteiger partial charge in [-0.05, 0) is 38.0 Å². The lowest BCUT2D eigenvalue weighted by Crippen LogP contribution is -2.46. The molecule has 0 spiro atoms. The molecule has 0 aliphatic carbocycles. The van der Waals surface area contributed by atoms with Crippen LogP contribution in [-0.4, -0.2) is 55.5 Å². The third-order valence-corrected chi connectivity index (χ3v) is 5.27. The zero-order valence-electron chi connectivity index (χ0n) is 15.0. The number of rotatable bonds is 3. The van der Waals surface area contributed by atoms with E-state index >= 15 is 0 Å². The summed E-state index contributed by atoms with van der Waals surface area (Å²) in [7, 11) is 0. The van der Waals surface area contributed by atoms with Crippen LogP contribution in [0.5, 0.6) is 0 Å². The second kappa shape index (κ2) is 6.90. The minimum atomic E-state index is -0.0382. The van der Waals surface area contributed by atoms with E-state index in [9.17, 15) is 9.59 Å². The number of aromatic nitrogens is 3. The predicted octanol–water partition coefficient (Wildman–Crippen LogP) is 1.62. The summed E-state index contributed by atoms with van der Waals surface area (Å²) in [6.07, 6.45) is 5.71. The van der Waals surface area contributed by atoms with Gasteiger partial charge in [0, 0.05) is 44.1 Å². The van der Waals surface area contributed by atoms with Crippen LogP contribution < -0.4 is 0 Å². The van der Waals surface area contributed by atoms with Gasteiger partial charge in [-0.1, -0.05) is 0 Å². The van der Waals surface area contributed by atoms with Crippen LogP contribution in [0.4, 0.5) is 0 Å². The average molecular weight is 353 g/mol. The van der Waals surface area contributed by atoms with Gasteiger partial charge in [0.1, 0.15) is 0 Å². The van der Waals surface area contributed by atoms with Gasteiger partial charge in [0.2, 0.25) is 5.91 Å². The van der Waals surface area contributed by atoms with Crippen LogP contribution in [0.15, 0.2) is 30.6 Å². The molecule has 2 aromatic heterocycles. The van der Waals surface area contributed by atoms with E-state index in [1.807, 2.05) is 39.6 Å². The maximum atomic E-state index is 13.2. The number of hydrogen-bond donors (Lipinski definition) is 0. The summed E-state index contributed by atoms with van der Waals surface area (Å²) in [6, 6.07) is 5.61. The summed E-state index contributed by atoms with van der Waals surface area (Å²) >= 11 is 0. The van der Waals surface area contributed by atoms with Gasteiger partial charge in [0.05, 0.1) is 23.8 Å². The number of amides is 2. The van der Waals surface area contributed by atoms with Crippen LogP contribution in [-0.2, 0) is 17.9 Å². The molecule has 0 N–H and O–H groups in total. The highest BCUT2D eigenvalue weighted by Gasteiger charge is 2.32. The third kappa shape index (κ3) is 3.21. The molecule has 2 aromatic rings. The predicted molar refractivity (Wildman–Crippen MR) is 95.3 cm³/mol. The van der Waals surface area contributed by atoms with Crippen molar-refractivity contribution in [3.05, 3.63) is 47.5 Å². The number of pyridine rings is 1. The summed E-state index contributed by atoms with van der Waals surface area (Å²) in [5.41, 5.74) is 2.49. The number of carbonyl (C=O) groups is 2. The first-order valence-corrected chi connectivity index (χ1v) is 9.14. The average Bonchev–Trinajstić information content (AvgIpc) is 3.21. The lowest BCUT2D eigenvalue weighted by atomic mass is 10.1. The zero-order valence-corrected chi connectivity index (χ0v) is 15.0. The largest absolute Gasteiger partial charge is 0.341 e. The Morgan fingerprint density at radius 3 is 2.88 bits per heavy atom. The van der Waals surface area contributed by atoms with Crippen LogP contribution in [0.1, 0.15) is 41.0 Å². The van der Waals surface area contributed by atoms with Crippen molar-refractivity contribution in [2.45, 2.75) is 45.3 Å². The number of likely N-dealkylation sites (tertiary alicyclic amines) is 1. The van der Waals surface area contributed by atoms with E-state index in [1.54, 1.807) is 12.4 Å². The maximum Gasteiger partial charge on any atom is 0.256 e. The summed E-state index contributed by atoms with van der Waals surface area (Å²) in [5.74, 6) is 0.153. The Labute approximate surface area is 152 Å². The summed E-state index contributed by atoms with van der Waals surface area (Å²) in [5, 5.41) is 4.36. The van der Waals surface area contributed by atoms with E-state index in [4.69, 9.17) is 0 Å². The molecule has 2 aliphatic rings. The van der Waals surface area contributed by atoms with Crippen LogP contribution in [0.3, 0.4) is 0 Å². The summed E-state index contributed by atoms with van der Waals surface area (Å²) in [4.78, 5) is 33.3. The van der Waals surface area contributed by atoms with Crippen molar-refractivity contribution < 1.29 is 9.59 Å². The van der Waals surface area contributed by atoms with Gasteiger partial charge in [-0.3, -0.25) is 19.3 Å². The number of fused-ring (bicyclic) bond motifs is 1. The minimum absolute atomic E-state index is 0.0208. The van der Waals surface area contributed by atoms with Crippen molar-refractivity contribution in [3.63, 3.8) is 0 Å². The second-order valence-electron chi connectivity index (χ2n) is 7.05. The van der Waals surface area contributed by atoms with E-state index in [0.29, 0.717) is 25.1 Å². The minimum Gasteiger partial charge on any atom is -0.341 e. The molecular formula is C19H23N5O2. The lowest BCUT2D eigenvalue weighted by molar-refractivity contribution is -0.128. The first-order chi connectivity index (χ1) is 12.6. The van der Waals surface area contributed by atoms with Crippen LogP contribution >= 0.6 is 0 Å². The van der Waals surface area contributed by atoms with E-state index in [-0.39, 0.29) is 17.9 Å². The Balaban J connectivity index is 1.61. The molecule has 0 bridgehead atoms. The number of carbonyl (C=O) groups excluding carboxylic acids is 2. The van der Waals surface area contributed by atoms with Crippen molar-refractivity contribution in [1.29, 1.82) is 0 Å². The SMILES string of the molecule is Cc1ccc(C(=O)N2Cc3ccnn3CC[C@H]2CN2CCCC2=O)cn1. The fourth-order valence-electron chi connectivity index (χ4n) is 3.77. The second-order valence-corrected chi connectivity index (χ2v) is 7.05. The van der Waals surface area contributed by atoms with Crippen molar-refractivity contribution in [2.24, 2.45) is 0 Å². The molecule has 2 aliphatic heterocycles. The molecule has 1 saturated heterocycles. The molecule has 7 heteroatoms. The molecule has 4 heterocycles. The molecular weight excluding hydrogens is 330 g/mol. The van der Waals surface area contributed by atoms with E-state index in [0.717, 1.165) is 37.3 Å². The van der Waals surface area contributed by atoms with Gasteiger partial charge in [0.25, 0.3) is 5.91 Å². The Morgan fingerprint density at radius 2 is 2.15 bits per heavy atom. The zero-order chi connectivity index (χ0) is 18.1. The van der Waals surface area contributed by atoms with Crippen molar-refractivity contribution in [3.8, 4) is 0 Å². The van der Waals surface area contributed by atoms with E-state index in [2.05, 4.69) is 10.1 Å². The Kier molecular flexibility index (Phi) is 4.44. The van der Waals surface area contributed by atoms with Gasteiger partial charge >= 0.3 is 0 Å². The van der Waals surface area contributed by atoms with Crippen molar-refractivity contribution in [2.75, 3.05) is 13.1 Å². The number of nitrogens with zero attached hydrogens (tertiary/aromatic N) is 5. The van der Waals surface area contributed by atoms with Crippen molar-refractivity contribution in [1.82, 2.24) is 24.6 Å². The lowest BCUT2D eigenvalue weighted by Gasteiger charge is -2.32. The fraction of sp³-hybridized carbons (Fsp3) is 0.474. The Hall–Kier alpha value is -2.70. The van der Waals surface area contributed by atoms with Gasteiger partial charge in [-0.15, -0.1) is 0 Å². The summed E-state index contributed by atoms with van der Waals surface area (Å²) in [6.45, 7) is 4.54. The first kappa shape index (κ1) is 16.8. The smallest absolute Gasteiger partial charge is 0.256 e. The highest BCUT2D eigenvalue weighted by atomic mass is 16.2. The van der Waals surface area contributed by atoms with Crippen LogP contribution in [0.2, 0.25) is 0 Å². The molecule has 0 saturated carbocycles. The maximum absolute atomic E-state index is 13.2. The quantitative estimate of drug-likeness (QED) is 0.841. The molecule has 1 atom stereocenters. The van der Waals surface area contributed by atoms with Gasteiger partial charge in [-0.25, -0.2) is 0 Å². The molecule has 7 nitrogen and oxygen atoms in total. The molecule has 136 valence electrons. The number of hydrogen-bond acceptors (Lipinski definition) is 4. The van der Waals surface area contributed by atoms with Crippen LogP contribution in [0, 0.1) is 6.92 Å². The van der Waals surface area contributed by atoms with Crippen molar-refractivity contribution >= 4 is 11.8 Å². The normalized spacial score (nSPS) is 20.2. The molecule has 2 amide bonds. The molecule has 26 heavy (non-hydrogen) atoms. The molecule has 0 aromatic carbocycles. The highest BCUT2D eigenvalue weighted by molar-refractivity contribution is 5.94. The highest BCUT2D eigenvalue weighted by Crippen LogP contribution is 2.22. The topological polar surface area (TPSA) is 71.3 Å². The van der Waals surface area contributed by atoms with Crippen LogP contribution in [0.25, 0.3) is 0 Å². The molecule has 0 radical (unpaired) electrons. The number of aryl methyl sites for hydroxylation is 2. The van der Waals surface area contributed by atoms with Gasteiger partial charge in [-0.2, -0.15) is 5.10 Å². The fourth-order valence-corrected chi connectivity index (χ4v) is 3.77. The van der Waals surface area contributed by atoms with E-state index < -0.39 is 0 Å². The monoisotopic (exact) mass is 353 g/mol. The Morgan fingerprint density at radius 1 is 1.27 bits per heavy atom. The van der Waals surface area contributed by atoms with Gasteiger partial charge < -0.3 is 9.80 Å². The Bertz CT molecular complexity index is 814. The molecule has 4 rings (SSSR count). The summed E-state index contributed by atoms with van der Waals surface area (Å²) < 4.78 is 1.96. The molecule has 0 unspecified atom stereocenters. The third-order valence-electron chi connectivity index (χ3n) is 5.27. The first-order valence-electron chi connectivity index (χ1n) is 9.14.